The van der Waals surface area contributed by atoms with Crippen molar-refractivity contribution in [2.24, 2.45) is 0 Å². The summed E-state index contributed by atoms with van der Waals surface area (Å²) in [5.41, 5.74) is 0. The fraction of sp³-hybridized carbons (Fsp3) is 0.909. The Hall–Kier alpha value is -0.870. The number of rotatable bonds is 10. The molecule has 0 aliphatic carbocycles. The van der Waals surface area contributed by atoms with Crippen molar-refractivity contribution in [1.82, 2.24) is 0 Å². The topological polar surface area (TPSA) is 35.5 Å². The maximum absolute atomic E-state index is 11.7. The maximum atomic E-state index is 11.7. The first kappa shape index (κ1) is 15.1. The van der Waals surface area contributed by atoms with E-state index in [-0.39, 0.29) is 26.6 Å². The van der Waals surface area contributed by atoms with Crippen LogP contribution < -0.4 is 0 Å². The average Bonchev–Trinajstić information content (AvgIpc) is 2.28. The molecule has 0 amide bonds. The van der Waals surface area contributed by atoms with E-state index < -0.39 is 6.16 Å². The van der Waals surface area contributed by atoms with Gasteiger partial charge in [-0.15, -0.1) is 0 Å². The number of unbranched alkanes of at least 4 members (excludes halogenated alkanes) is 4. The van der Waals surface area contributed by atoms with Gasteiger partial charge in [0, 0.05) is 0 Å². The first-order valence-corrected chi connectivity index (χ1v) is 5.72. The summed E-state index contributed by atoms with van der Waals surface area (Å²) in [6.45, 7) is -0.134. The van der Waals surface area contributed by atoms with E-state index in [4.69, 9.17) is 9.47 Å². The average molecular weight is 238 g/mol. The number of hydrogen-bond donors (Lipinski definition) is 0. The number of ether oxygens (including phenoxy) is 2. The summed E-state index contributed by atoms with van der Waals surface area (Å²) in [7, 11) is 0. The minimum absolute atomic E-state index is 0.267. The fourth-order valence-electron chi connectivity index (χ4n) is 1.10. The molecule has 0 rings (SSSR count). The largest absolute Gasteiger partial charge is 0.508 e. The van der Waals surface area contributed by atoms with Crippen LogP contribution in [-0.2, 0) is 9.47 Å². The molecule has 96 valence electrons. The normalized spacial score (nSPS) is 10.1. The molecule has 0 bridgehead atoms. The highest BCUT2D eigenvalue weighted by molar-refractivity contribution is 5.59. The van der Waals surface area contributed by atoms with Crippen molar-refractivity contribution in [3.8, 4) is 0 Å². The Bertz CT molecular complexity index is 149. The summed E-state index contributed by atoms with van der Waals surface area (Å²) in [5.74, 6) is 0. The van der Waals surface area contributed by atoms with Crippen molar-refractivity contribution in [1.29, 1.82) is 0 Å². The van der Waals surface area contributed by atoms with Crippen LogP contribution in [0.15, 0.2) is 0 Å². The smallest absolute Gasteiger partial charge is 0.434 e. The third-order valence-electron chi connectivity index (χ3n) is 2.00. The molecule has 0 aromatic rings. The molecule has 0 saturated heterocycles. The van der Waals surface area contributed by atoms with Crippen molar-refractivity contribution >= 4 is 6.16 Å². The van der Waals surface area contributed by atoms with Gasteiger partial charge >= 0.3 is 6.16 Å². The minimum Gasteiger partial charge on any atom is -0.434 e. The third kappa shape index (κ3) is 11.2. The lowest BCUT2D eigenvalue weighted by Crippen LogP contribution is -2.09. The lowest BCUT2D eigenvalue weighted by molar-refractivity contribution is 0.0528. The predicted octanol–water partition coefficient (Wildman–Crippen LogP) is 3.42. The molecular weight excluding hydrogens is 218 g/mol. The highest BCUT2D eigenvalue weighted by Gasteiger charge is 2.02. The van der Waals surface area contributed by atoms with E-state index in [0.29, 0.717) is 38.5 Å². The van der Waals surface area contributed by atoms with E-state index in [9.17, 15) is 13.6 Å². The Morgan fingerprint density at radius 1 is 0.750 bits per heavy atom. The molecule has 3 nitrogen and oxygen atoms in total. The van der Waals surface area contributed by atoms with Gasteiger partial charge in [-0.25, -0.2) is 4.79 Å². The van der Waals surface area contributed by atoms with Gasteiger partial charge in [-0.3, -0.25) is 8.78 Å². The van der Waals surface area contributed by atoms with E-state index in [1.807, 2.05) is 0 Å². The molecule has 0 aliphatic rings. The fourth-order valence-corrected chi connectivity index (χ4v) is 1.10. The SMILES string of the molecule is O=C(OCCCCCF)OCCCCCF. The van der Waals surface area contributed by atoms with Crippen molar-refractivity contribution in [2.75, 3.05) is 26.6 Å². The second-order valence-corrected chi connectivity index (χ2v) is 3.45. The van der Waals surface area contributed by atoms with E-state index in [1.165, 1.54) is 0 Å². The van der Waals surface area contributed by atoms with Gasteiger partial charge in [0.15, 0.2) is 0 Å². The van der Waals surface area contributed by atoms with Crippen LogP contribution in [-0.4, -0.2) is 32.7 Å². The van der Waals surface area contributed by atoms with Gasteiger partial charge in [0.2, 0.25) is 0 Å². The summed E-state index contributed by atoms with van der Waals surface area (Å²) in [4.78, 5) is 10.9. The molecule has 0 radical (unpaired) electrons. The zero-order valence-corrected chi connectivity index (χ0v) is 9.55. The zero-order valence-electron chi connectivity index (χ0n) is 9.55. The molecule has 0 aromatic carbocycles. The number of carbonyl (C=O) groups is 1. The molecule has 0 aliphatic heterocycles. The number of alkyl halides is 2. The molecular formula is C11H20F2O3. The van der Waals surface area contributed by atoms with Crippen LogP contribution in [0.2, 0.25) is 0 Å². The number of carbonyl (C=O) groups excluding carboxylic acids is 1. The lowest BCUT2D eigenvalue weighted by atomic mass is 10.2. The van der Waals surface area contributed by atoms with Gasteiger partial charge in [-0.05, 0) is 38.5 Å². The van der Waals surface area contributed by atoms with Gasteiger partial charge in [0.05, 0.1) is 26.6 Å². The summed E-state index contributed by atoms with van der Waals surface area (Å²) >= 11 is 0. The van der Waals surface area contributed by atoms with Crippen LogP contribution in [0, 0.1) is 0 Å². The Labute approximate surface area is 95.1 Å². The molecule has 0 atom stereocenters. The maximum Gasteiger partial charge on any atom is 0.508 e. The van der Waals surface area contributed by atoms with E-state index in [0.717, 1.165) is 0 Å². The van der Waals surface area contributed by atoms with Gasteiger partial charge in [0.25, 0.3) is 0 Å². The second-order valence-electron chi connectivity index (χ2n) is 3.45. The molecule has 0 N–H and O–H groups in total. The van der Waals surface area contributed by atoms with Crippen molar-refractivity contribution in [2.45, 2.75) is 38.5 Å². The molecule has 0 heterocycles. The van der Waals surface area contributed by atoms with Gasteiger partial charge < -0.3 is 9.47 Å². The lowest BCUT2D eigenvalue weighted by Gasteiger charge is -2.05. The van der Waals surface area contributed by atoms with E-state index in [2.05, 4.69) is 0 Å². The van der Waals surface area contributed by atoms with E-state index in [1.54, 1.807) is 0 Å². The van der Waals surface area contributed by atoms with Crippen LogP contribution in [0.25, 0.3) is 0 Å². The highest BCUT2D eigenvalue weighted by atomic mass is 19.1. The van der Waals surface area contributed by atoms with Crippen LogP contribution in [0.5, 0.6) is 0 Å². The first-order chi connectivity index (χ1) is 7.81. The molecule has 16 heavy (non-hydrogen) atoms. The standard InChI is InChI=1S/C11H20F2O3/c12-7-3-1-5-9-15-11(14)16-10-6-2-4-8-13/h1-10H2. The minimum atomic E-state index is -0.694. The Morgan fingerprint density at radius 2 is 1.19 bits per heavy atom. The summed E-state index contributed by atoms with van der Waals surface area (Å²) in [5, 5.41) is 0. The predicted molar refractivity (Wildman–Crippen MR) is 57.0 cm³/mol. The van der Waals surface area contributed by atoms with Crippen molar-refractivity contribution in [3.05, 3.63) is 0 Å². The number of hydrogen-bond acceptors (Lipinski definition) is 3. The van der Waals surface area contributed by atoms with Crippen molar-refractivity contribution < 1.29 is 23.0 Å². The third-order valence-corrected chi connectivity index (χ3v) is 2.00. The highest BCUT2D eigenvalue weighted by Crippen LogP contribution is 1.99. The molecule has 0 fully saturated rings. The van der Waals surface area contributed by atoms with Gasteiger partial charge in [-0.1, -0.05) is 0 Å². The molecule has 0 aromatic heterocycles. The van der Waals surface area contributed by atoms with Gasteiger partial charge in [-0.2, -0.15) is 0 Å². The Kier molecular flexibility index (Phi) is 11.5. The van der Waals surface area contributed by atoms with Crippen LogP contribution in [0.4, 0.5) is 13.6 Å². The summed E-state index contributed by atoms with van der Waals surface area (Å²) in [6, 6.07) is 0. The quantitative estimate of drug-likeness (QED) is 0.432. The van der Waals surface area contributed by atoms with Crippen molar-refractivity contribution in [3.63, 3.8) is 0 Å². The van der Waals surface area contributed by atoms with E-state index >= 15 is 0 Å². The molecule has 0 saturated carbocycles. The zero-order chi connectivity index (χ0) is 12.1. The summed E-state index contributed by atoms with van der Waals surface area (Å²) in [6.07, 6.45) is 3.03. The molecule has 0 spiro atoms. The monoisotopic (exact) mass is 238 g/mol. The Balaban J connectivity index is 3.12. The molecule has 5 heteroatoms. The van der Waals surface area contributed by atoms with Crippen LogP contribution in [0.3, 0.4) is 0 Å². The van der Waals surface area contributed by atoms with Crippen LogP contribution in [0.1, 0.15) is 38.5 Å². The Morgan fingerprint density at radius 3 is 1.56 bits per heavy atom. The first-order valence-electron chi connectivity index (χ1n) is 5.72. The second kappa shape index (κ2) is 12.2. The van der Waals surface area contributed by atoms with Crippen LogP contribution >= 0.6 is 0 Å². The van der Waals surface area contributed by atoms with Gasteiger partial charge in [0.1, 0.15) is 0 Å². The number of halogens is 2. The summed E-state index contributed by atoms with van der Waals surface area (Å²) < 4.78 is 32.9. The molecule has 0 unspecified atom stereocenters.